The van der Waals surface area contributed by atoms with E-state index in [1.54, 1.807) is 24.1 Å². The van der Waals surface area contributed by atoms with Crippen molar-refractivity contribution in [2.45, 2.75) is 39.5 Å². The molecular weight excluding hydrogens is 312 g/mol. The highest BCUT2D eigenvalue weighted by atomic mass is 32.2. The maximum absolute atomic E-state index is 12.1. The van der Waals surface area contributed by atoms with E-state index in [1.807, 2.05) is 19.1 Å². The molecule has 0 heterocycles. The van der Waals surface area contributed by atoms with Crippen molar-refractivity contribution in [1.82, 2.24) is 4.90 Å². The first kappa shape index (κ1) is 19.5. The molecule has 0 spiro atoms. The van der Waals surface area contributed by atoms with Gasteiger partial charge in [0.15, 0.2) is 0 Å². The smallest absolute Gasteiger partial charge is 0.232 e. The number of benzene rings is 1. The molecule has 0 bridgehead atoms. The van der Waals surface area contributed by atoms with Gasteiger partial charge in [0.1, 0.15) is 0 Å². The molecule has 1 aromatic carbocycles. The van der Waals surface area contributed by atoms with Gasteiger partial charge >= 0.3 is 0 Å². The molecule has 0 aromatic heterocycles. The topological polar surface area (TPSA) is 57.7 Å². The van der Waals surface area contributed by atoms with Gasteiger partial charge < -0.3 is 4.90 Å². The van der Waals surface area contributed by atoms with Crippen LogP contribution in [-0.4, -0.2) is 45.6 Å². The summed E-state index contributed by atoms with van der Waals surface area (Å²) in [5.74, 6) is -0.0303. The van der Waals surface area contributed by atoms with Crippen molar-refractivity contribution in [2.75, 3.05) is 30.7 Å². The highest BCUT2D eigenvalue weighted by Crippen LogP contribution is 2.19. The van der Waals surface area contributed by atoms with Crippen LogP contribution in [0, 0.1) is 0 Å². The van der Waals surface area contributed by atoms with E-state index in [9.17, 15) is 13.2 Å². The van der Waals surface area contributed by atoms with Crippen LogP contribution in [0.3, 0.4) is 0 Å². The van der Waals surface area contributed by atoms with Crippen LogP contribution in [0.5, 0.6) is 0 Å². The number of aryl methyl sites for hydroxylation is 1. The second kappa shape index (κ2) is 8.91. The van der Waals surface area contributed by atoms with Crippen LogP contribution in [-0.2, 0) is 21.2 Å². The molecular formula is C17H28N2O3S. The van der Waals surface area contributed by atoms with Gasteiger partial charge in [-0.1, -0.05) is 32.4 Å². The lowest BCUT2D eigenvalue weighted by molar-refractivity contribution is -0.129. The van der Waals surface area contributed by atoms with Crippen molar-refractivity contribution in [3.05, 3.63) is 29.8 Å². The maximum atomic E-state index is 12.1. The van der Waals surface area contributed by atoms with Crippen molar-refractivity contribution in [3.8, 4) is 0 Å². The third-order valence-electron chi connectivity index (χ3n) is 3.83. The zero-order valence-electron chi connectivity index (χ0n) is 14.6. The van der Waals surface area contributed by atoms with Crippen molar-refractivity contribution >= 4 is 21.6 Å². The Bertz CT molecular complexity index is 597. The monoisotopic (exact) mass is 340 g/mol. The summed E-state index contributed by atoms with van der Waals surface area (Å²) in [4.78, 5) is 13.8. The summed E-state index contributed by atoms with van der Waals surface area (Å²) in [7, 11) is -1.65. The molecule has 0 saturated heterocycles. The van der Waals surface area contributed by atoms with Gasteiger partial charge in [-0.2, -0.15) is 0 Å². The fourth-order valence-electron chi connectivity index (χ4n) is 2.29. The number of hydrogen-bond acceptors (Lipinski definition) is 3. The highest BCUT2D eigenvalue weighted by Gasteiger charge is 2.19. The summed E-state index contributed by atoms with van der Waals surface area (Å²) in [6, 6.07) is 7.43. The molecule has 6 heteroatoms. The molecule has 0 atom stereocenters. The minimum Gasteiger partial charge on any atom is -0.346 e. The largest absolute Gasteiger partial charge is 0.346 e. The van der Waals surface area contributed by atoms with Crippen LogP contribution in [0.1, 0.15) is 38.7 Å². The molecule has 0 saturated carbocycles. The van der Waals surface area contributed by atoms with Gasteiger partial charge in [0.2, 0.25) is 15.9 Å². The zero-order valence-corrected chi connectivity index (χ0v) is 15.4. The molecule has 0 fully saturated rings. The number of sulfonamides is 1. The SMILES string of the molecule is CCCCN(C)C(=O)CCN(c1ccc(CC)cc1)S(C)(=O)=O. The predicted octanol–water partition coefficient (Wildman–Crippen LogP) is 2.66. The van der Waals surface area contributed by atoms with E-state index >= 15 is 0 Å². The summed E-state index contributed by atoms with van der Waals surface area (Å²) >= 11 is 0. The number of nitrogens with zero attached hydrogens (tertiary/aromatic N) is 2. The van der Waals surface area contributed by atoms with Crippen LogP contribution >= 0.6 is 0 Å². The lowest BCUT2D eigenvalue weighted by atomic mass is 10.1. The zero-order chi connectivity index (χ0) is 17.5. The predicted molar refractivity (Wildman–Crippen MR) is 95.2 cm³/mol. The average molecular weight is 340 g/mol. The molecule has 1 rings (SSSR count). The number of amides is 1. The number of unbranched alkanes of at least 4 members (excludes halogenated alkanes) is 1. The number of carbonyl (C=O) groups is 1. The number of rotatable bonds is 9. The Morgan fingerprint density at radius 2 is 1.70 bits per heavy atom. The Morgan fingerprint density at radius 3 is 2.17 bits per heavy atom. The van der Waals surface area contributed by atoms with Crippen LogP contribution < -0.4 is 4.31 Å². The Balaban J connectivity index is 2.78. The Morgan fingerprint density at radius 1 is 1.09 bits per heavy atom. The van der Waals surface area contributed by atoms with Gasteiger partial charge in [0.25, 0.3) is 0 Å². The van der Waals surface area contributed by atoms with Crippen molar-refractivity contribution < 1.29 is 13.2 Å². The van der Waals surface area contributed by atoms with E-state index in [2.05, 4.69) is 6.92 Å². The fourth-order valence-corrected chi connectivity index (χ4v) is 3.22. The normalized spacial score (nSPS) is 11.3. The minimum atomic E-state index is -3.41. The van der Waals surface area contributed by atoms with Gasteiger partial charge in [0, 0.05) is 26.6 Å². The van der Waals surface area contributed by atoms with E-state index in [0.717, 1.165) is 24.8 Å². The highest BCUT2D eigenvalue weighted by molar-refractivity contribution is 7.92. The van der Waals surface area contributed by atoms with Gasteiger partial charge in [-0.25, -0.2) is 8.42 Å². The molecule has 0 aliphatic carbocycles. The molecule has 0 aliphatic heterocycles. The first-order valence-electron chi connectivity index (χ1n) is 8.10. The molecule has 5 nitrogen and oxygen atoms in total. The van der Waals surface area contributed by atoms with Crippen LogP contribution in [0.2, 0.25) is 0 Å². The van der Waals surface area contributed by atoms with Gasteiger partial charge in [-0.3, -0.25) is 9.10 Å². The maximum Gasteiger partial charge on any atom is 0.232 e. The van der Waals surface area contributed by atoms with Gasteiger partial charge in [-0.05, 0) is 30.5 Å². The first-order valence-corrected chi connectivity index (χ1v) is 9.95. The second-order valence-corrected chi connectivity index (χ2v) is 7.68. The third-order valence-corrected chi connectivity index (χ3v) is 5.03. The van der Waals surface area contributed by atoms with Crippen molar-refractivity contribution in [3.63, 3.8) is 0 Å². The molecule has 1 amide bonds. The summed E-state index contributed by atoms with van der Waals surface area (Å²) in [6.45, 7) is 5.00. The summed E-state index contributed by atoms with van der Waals surface area (Å²) in [6.07, 6.45) is 4.24. The van der Waals surface area contributed by atoms with Crippen molar-refractivity contribution in [1.29, 1.82) is 0 Å². The minimum absolute atomic E-state index is 0.0303. The van der Waals surface area contributed by atoms with Gasteiger partial charge in [0.05, 0.1) is 11.9 Å². The fraction of sp³-hybridized carbons (Fsp3) is 0.588. The molecule has 130 valence electrons. The third kappa shape index (κ3) is 6.22. The van der Waals surface area contributed by atoms with Crippen LogP contribution in [0.15, 0.2) is 24.3 Å². The molecule has 0 aliphatic rings. The molecule has 0 unspecified atom stereocenters. The molecule has 0 N–H and O–H groups in total. The molecule has 1 aromatic rings. The molecule has 0 radical (unpaired) electrons. The van der Waals surface area contributed by atoms with E-state index in [4.69, 9.17) is 0 Å². The van der Waals surface area contributed by atoms with Crippen LogP contribution in [0.25, 0.3) is 0 Å². The lowest BCUT2D eigenvalue weighted by Crippen LogP contribution is -2.35. The second-order valence-electron chi connectivity index (χ2n) is 5.77. The number of anilines is 1. The van der Waals surface area contributed by atoms with E-state index in [0.29, 0.717) is 12.2 Å². The quantitative estimate of drug-likeness (QED) is 0.694. The van der Waals surface area contributed by atoms with E-state index in [1.165, 1.54) is 10.6 Å². The Kier molecular flexibility index (Phi) is 7.55. The van der Waals surface area contributed by atoms with Gasteiger partial charge in [-0.15, -0.1) is 0 Å². The summed E-state index contributed by atoms with van der Waals surface area (Å²) in [5, 5.41) is 0. The Labute approximate surface area is 140 Å². The first-order chi connectivity index (χ1) is 10.8. The number of hydrogen-bond donors (Lipinski definition) is 0. The van der Waals surface area contributed by atoms with E-state index < -0.39 is 10.0 Å². The Hall–Kier alpha value is -1.56. The van der Waals surface area contributed by atoms with Crippen LogP contribution in [0.4, 0.5) is 5.69 Å². The summed E-state index contributed by atoms with van der Waals surface area (Å²) in [5.41, 5.74) is 1.76. The average Bonchev–Trinajstić information content (AvgIpc) is 2.51. The van der Waals surface area contributed by atoms with E-state index in [-0.39, 0.29) is 18.9 Å². The standard InChI is InChI=1S/C17H28N2O3S/c1-5-7-13-18(3)17(20)12-14-19(23(4,21)22)16-10-8-15(6-2)9-11-16/h8-11H,5-7,12-14H2,1-4H3. The summed E-state index contributed by atoms with van der Waals surface area (Å²) < 4.78 is 25.4. The molecule has 23 heavy (non-hydrogen) atoms. The lowest BCUT2D eigenvalue weighted by Gasteiger charge is -2.24. The van der Waals surface area contributed by atoms with Crippen molar-refractivity contribution in [2.24, 2.45) is 0 Å². The number of carbonyl (C=O) groups excluding carboxylic acids is 1.